The summed E-state index contributed by atoms with van der Waals surface area (Å²) < 4.78 is 2.16. The second-order valence-corrected chi connectivity index (χ2v) is 11.9. The molecule has 1 aliphatic heterocycles. The van der Waals surface area contributed by atoms with Gasteiger partial charge in [0.25, 0.3) is 0 Å². The fourth-order valence-electron chi connectivity index (χ4n) is 6.78. The molecular weight excluding hydrogens is 585 g/mol. The van der Waals surface area contributed by atoms with Gasteiger partial charge in [-0.2, -0.15) is 0 Å². The van der Waals surface area contributed by atoms with Gasteiger partial charge in [-0.1, -0.05) is 146 Å². The van der Waals surface area contributed by atoms with Crippen molar-refractivity contribution in [2.24, 2.45) is 0 Å². The highest BCUT2D eigenvalue weighted by atomic mass is 15.2. The third-order valence-electron chi connectivity index (χ3n) is 9.00. The first kappa shape index (κ1) is 27.8. The number of nitrogens with zero attached hydrogens (tertiary/aromatic N) is 4. The quantitative estimate of drug-likeness (QED) is 0.193. The Morgan fingerprint density at radius 3 is 1.58 bits per heavy atom. The predicted octanol–water partition coefficient (Wildman–Crippen LogP) is 11.4. The van der Waals surface area contributed by atoms with Crippen molar-refractivity contribution in [3.05, 3.63) is 182 Å². The van der Waals surface area contributed by atoms with Crippen LogP contribution in [0.2, 0.25) is 0 Å². The number of hydrogen-bond donors (Lipinski definition) is 0. The maximum atomic E-state index is 5.22. The molecule has 6 aromatic carbocycles. The van der Waals surface area contributed by atoms with Crippen molar-refractivity contribution in [3.63, 3.8) is 0 Å². The van der Waals surface area contributed by atoms with Crippen LogP contribution in [-0.2, 0) is 0 Å². The third kappa shape index (κ3) is 4.79. The molecule has 0 aliphatic carbocycles. The zero-order valence-electron chi connectivity index (χ0n) is 26.1. The van der Waals surface area contributed by atoms with Crippen LogP contribution < -0.4 is 4.90 Å². The molecule has 0 N–H and O–H groups in total. The molecule has 0 radical (unpaired) electrons. The van der Waals surface area contributed by atoms with Crippen LogP contribution in [0.1, 0.15) is 0 Å². The molecule has 0 atom stereocenters. The number of para-hydroxylation sites is 1. The molecule has 226 valence electrons. The topological polar surface area (TPSA) is 34.0 Å². The van der Waals surface area contributed by atoms with Crippen LogP contribution in [0.3, 0.4) is 0 Å². The van der Waals surface area contributed by atoms with Crippen molar-refractivity contribution in [2.45, 2.75) is 0 Å². The smallest absolute Gasteiger partial charge is 0.235 e. The second kappa shape index (κ2) is 11.7. The number of rotatable bonds is 5. The van der Waals surface area contributed by atoms with E-state index in [9.17, 15) is 0 Å². The molecule has 0 unspecified atom stereocenters. The van der Waals surface area contributed by atoms with Gasteiger partial charge >= 0.3 is 0 Å². The zero-order chi connectivity index (χ0) is 31.9. The standard InChI is InChI=1S/C44H30N4/c1-4-15-31(16-5-1)34-21-14-22-35(29-34)48-41-26-13-12-24-37(41)36-23-10-11-25-38(36)43-42(48)27-28-47(43)44-45-39(32-17-6-2-7-18-32)30-40(46-44)33-19-8-3-9-20-33/h1-30H. The summed E-state index contributed by atoms with van der Waals surface area (Å²) in [6.45, 7) is 0. The van der Waals surface area contributed by atoms with Gasteiger partial charge in [0.15, 0.2) is 0 Å². The van der Waals surface area contributed by atoms with E-state index in [1.54, 1.807) is 0 Å². The van der Waals surface area contributed by atoms with Crippen LogP contribution >= 0.6 is 0 Å². The first-order chi connectivity index (χ1) is 23.8. The van der Waals surface area contributed by atoms with Gasteiger partial charge in [-0.25, -0.2) is 9.97 Å². The van der Waals surface area contributed by atoms with Gasteiger partial charge < -0.3 is 4.90 Å². The fraction of sp³-hybridized carbons (Fsp3) is 0. The van der Waals surface area contributed by atoms with Gasteiger partial charge in [0.2, 0.25) is 5.95 Å². The molecule has 2 aromatic heterocycles. The van der Waals surface area contributed by atoms with E-state index in [2.05, 4.69) is 179 Å². The lowest BCUT2D eigenvalue weighted by Gasteiger charge is -2.26. The zero-order valence-corrected chi connectivity index (χ0v) is 26.1. The van der Waals surface area contributed by atoms with E-state index in [4.69, 9.17) is 9.97 Å². The van der Waals surface area contributed by atoms with Crippen molar-refractivity contribution >= 4 is 17.1 Å². The van der Waals surface area contributed by atoms with E-state index < -0.39 is 0 Å². The van der Waals surface area contributed by atoms with Crippen LogP contribution in [0.15, 0.2) is 182 Å². The van der Waals surface area contributed by atoms with E-state index >= 15 is 0 Å². The number of hydrogen-bond acceptors (Lipinski definition) is 3. The van der Waals surface area contributed by atoms with Crippen LogP contribution in [0, 0.1) is 0 Å². The molecule has 4 nitrogen and oxygen atoms in total. The molecule has 0 saturated heterocycles. The summed E-state index contributed by atoms with van der Waals surface area (Å²) in [5, 5.41) is 0. The lowest BCUT2D eigenvalue weighted by Crippen LogP contribution is -2.11. The molecule has 3 heterocycles. The Labute approximate surface area is 279 Å². The van der Waals surface area contributed by atoms with Crippen LogP contribution in [0.5, 0.6) is 0 Å². The molecule has 0 bridgehead atoms. The lowest BCUT2D eigenvalue weighted by atomic mass is 9.97. The first-order valence-electron chi connectivity index (χ1n) is 16.2. The summed E-state index contributed by atoms with van der Waals surface area (Å²) >= 11 is 0. The molecule has 0 amide bonds. The predicted molar refractivity (Wildman–Crippen MR) is 197 cm³/mol. The monoisotopic (exact) mass is 614 g/mol. The van der Waals surface area contributed by atoms with Gasteiger partial charge in [-0.15, -0.1) is 0 Å². The Balaban J connectivity index is 1.31. The maximum Gasteiger partial charge on any atom is 0.235 e. The molecule has 8 aromatic rings. The molecule has 4 heteroatoms. The van der Waals surface area contributed by atoms with Crippen molar-refractivity contribution in [2.75, 3.05) is 4.90 Å². The van der Waals surface area contributed by atoms with Gasteiger partial charge in [0, 0.05) is 34.1 Å². The second-order valence-electron chi connectivity index (χ2n) is 11.9. The van der Waals surface area contributed by atoms with Crippen molar-refractivity contribution < 1.29 is 0 Å². The largest absolute Gasteiger partial charge is 0.308 e. The minimum atomic E-state index is 0.621. The average molecular weight is 615 g/mol. The Morgan fingerprint density at radius 2 is 0.917 bits per heavy atom. The number of anilines is 3. The number of benzene rings is 6. The highest BCUT2D eigenvalue weighted by Gasteiger charge is 2.29. The highest BCUT2D eigenvalue weighted by Crippen LogP contribution is 2.51. The lowest BCUT2D eigenvalue weighted by molar-refractivity contribution is 0.947. The summed E-state index contributed by atoms with van der Waals surface area (Å²) in [5.41, 5.74) is 14.0. The minimum absolute atomic E-state index is 0.621. The van der Waals surface area contributed by atoms with Crippen LogP contribution in [0.4, 0.5) is 17.1 Å². The Morgan fingerprint density at radius 1 is 0.375 bits per heavy atom. The maximum absolute atomic E-state index is 5.22. The molecule has 1 aliphatic rings. The summed E-state index contributed by atoms with van der Waals surface area (Å²) in [4.78, 5) is 12.8. The van der Waals surface area contributed by atoms with E-state index in [-0.39, 0.29) is 0 Å². The Hall–Kier alpha value is -6.52. The molecule has 0 spiro atoms. The van der Waals surface area contributed by atoms with Crippen molar-refractivity contribution in [1.29, 1.82) is 0 Å². The van der Waals surface area contributed by atoms with E-state index in [0.717, 1.165) is 50.8 Å². The summed E-state index contributed by atoms with van der Waals surface area (Å²) in [6, 6.07) is 61.7. The molecule has 0 fully saturated rings. The third-order valence-corrected chi connectivity index (χ3v) is 9.00. The normalized spacial score (nSPS) is 11.7. The minimum Gasteiger partial charge on any atom is -0.308 e. The summed E-state index contributed by atoms with van der Waals surface area (Å²) in [6.07, 6.45) is 2.11. The van der Waals surface area contributed by atoms with Crippen molar-refractivity contribution in [1.82, 2.24) is 14.5 Å². The molecule has 9 rings (SSSR count). The van der Waals surface area contributed by atoms with Crippen LogP contribution in [-0.4, -0.2) is 14.5 Å². The Kier molecular flexibility index (Phi) is 6.76. The van der Waals surface area contributed by atoms with E-state index in [1.807, 2.05) is 12.1 Å². The highest BCUT2D eigenvalue weighted by molar-refractivity contribution is 6.02. The molecular formula is C44H30N4. The molecule has 48 heavy (non-hydrogen) atoms. The number of fused-ring (bicyclic) bond motifs is 5. The SMILES string of the molecule is c1ccc(-c2cccc(N3c4ccccc4-c4ccccc4-c4c3ccn4-c3nc(-c4ccccc4)cc(-c4ccccc4)n3)c2)cc1. The number of aromatic nitrogens is 3. The summed E-state index contributed by atoms with van der Waals surface area (Å²) in [5.74, 6) is 0.621. The summed E-state index contributed by atoms with van der Waals surface area (Å²) in [7, 11) is 0. The van der Waals surface area contributed by atoms with Gasteiger partial charge in [0.1, 0.15) is 0 Å². The Bertz CT molecular complexity index is 2340. The van der Waals surface area contributed by atoms with Gasteiger partial charge in [0.05, 0.1) is 28.5 Å². The first-order valence-corrected chi connectivity index (χ1v) is 16.2. The van der Waals surface area contributed by atoms with Gasteiger partial charge in [-0.3, -0.25) is 4.57 Å². The molecule has 0 saturated carbocycles. The van der Waals surface area contributed by atoms with E-state index in [1.165, 1.54) is 22.3 Å². The van der Waals surface area contributed by atoms with E-state index in [0.29, 0.717) is 5.95 Å². The fourth-order valence-corrected chi connectivity index (χ4v) is 6.78. The van der Waals surface area contributed by atoms with Crippen LogP contribution in [0.25, 0.3) is 62.0 Å². The van der Waals surface area contributed by atoms with Crippen molar-refractivity contribution in [3.8, 4) is 62.0 Å². The average Bonchev–Trinajstić information content (AvgIpc) is 3.56. The van der Waals surface area contributed by atoms with Gasteiger partial charge in [-0.05, 0) is 47.0 Å².